The highest BCUT2D eigenvalue weighted by Crippen LogP contribution is 2.35. The molecule has 8 nitrogen and oxygen atoms in total. The number of ether oxygens (including phenoxy) is 1. The second kappa shape index (κ2) is 12.1. The van der Waals surface area contributed by atoms with Crippen LogP contribution in [0.25, 0.3) is 0 Å². The van der Waals surface area contributed by atoms with Crippen molar-refractivity contribution in [2.24, 2.45) is 5.92 Å². The summed E-state index contributed by atoms with van der Waals surface area (Å²) in [5, 5.41) is 3.62. The van der Waals surface area contributed by atoms with Gasteiger partial charge in [0, 0.05) is 50.4 Å². The lowest BCUT2D eigenvalue weighted by Gasteiger charge is -2.43. The molecule has 0 bridgehead atoms. The summed E-state index contributed by atoms with van der Waals surface area (Å²) in [5.74, 6) is -0.466. The van der Waals surface area contributed by atoms with Gasteiger partial charge in [-0.15, -0.1) is 6.58 Å². The van der Waals surface area contributed by atoms with E-state index in [2.05, 4.69) is 16.8 Å². The van der Waals surface area contributed by atoms with Gasteiger partial charge in [0.1, 0.15) is 0 Å². The first-order valence-electron chi connectivity index (χ1n) is 12.2. The molecule has 2 aliphatic rings. The number of carbonyl (C=O) groups is 3. The molecule has 1 fully saturated rings. The average molecular weight is 537 g/mol. The van der Waals surface area contributed by atoms with E-state index in [1.54, 1.807) is 31.2 Å². The highest BCUT2D eigenvalue weighted by atomic mass is 35.5. The number of benzene rings is 1. The molecule has 0 spiro atoms. The zero-order valence-electron chi connectivity index (χ0n) is 21.2. The Labute approximate surface area is 222 Å². The standard InChI is InChI=1S/C26H34Cl2N4O4/c1-6-10-32-21(15-30-11-12-31(17(5)14-30)24(33)16(3)4)22(25(34)36-7-2)23(29-26(32)35)18-8-9-19(27)20(28)13-18/h6,8-9,13,16-17,23H,1,7,10-12,14-15H2,2-5H3,(H,29,35). The van der Waals surface area contributed by atoms with E-state index in [9.17, 15) is 14.4 Å². The third-order valence-electron chi connectivity index (χ3n) is 6.38. The van der Waals surface area contributed by atoms with Gasteiger partial charge in [-0.1, -0.05) is 49.2 Å². The van der Waals surface area contributed by atoms with E-state index >= 15 is 0 Å². The lowest BCUT2D eigenvalue weighted by Crippen LogP contribution is -2.57. The molecule has 2 unspecified atom stereocenters. The predicted octanol–water partition coefficient (Wildman–Crippen LogP) is 4.25. The van der Waals surface area contributed by atoms with Crippen LogP contribution in [0.15, 0.2) is 42.1 Å². The van der Waals surface area contributed by atoms with Gasteiger partial charge in [-0.05, 0) is 31.5 Å². The van der Waals surface area contributed by atoms with Crippen LogP contribution in [0.2, 0.25) is 10.0 Å². The molecule has 0 saturated carbocycles. The zero-order chi connectivity index (χ0) is 26.6. The molecule has 1 aromatic rings. The van der Waals surface area contributed by atoms with E-state index in [-0.39, 0.29) is 37.0 Å². The van der Waals surface area contributed by atoms with Gasteiger partial charge in [0.2, 0.25) is 5.91 Å². The van der Waals surface area contributed by atoms with Crippen molar-refractivity contribution >= 4 is 41.1 Å². The van der Waals surface area contributed by atoms with Gasteiger partial charge in [-0.25, -0.2) is 9.59 Å². The number of urea groups is 1. The number of halogens is 2. The minimum atomic E-state index is -0.761. The molecule has 3 rings (SSSR count). The van der Waals surface area contributed by atoms with Crippen LogP contribution in [0.1, 0.15) is 39.3 Å². The van der Waals surface area contributed by atoms with Crippen molar-refractivity contribution in [3.63, 3.8) is 0 Å². The Balaban J connectivity index is 2.03. The summed E-state index contributed by atoms with van der Waals surface area (Å²) in [4.78, 5) is 44.7. The zero-order valence-corrected chi connectivity index (χ0v) is 22.7. The molecular weight excluding hydrogens is 503 g/mol. The molecule has 36 heavy (non-hydrogen) atoms. The van der Waals surface area contributed by atoms with Crippen LogP contribution in [0.4, 0.5) is 4.79 Å². The van der Waals surface area contributed by atoms with E-state index in [0.29, 0.717) is 53.1 Å². The highest BCUT2D eigenvalue weighted by molar-refractivity contribution is 6.42. The molecule has 196 valence electrons. The Morgan fingerprint density at radius 3 is 2.56 bits per heavy atom. The molecule has 2 atom stereocenters. The highest BCUT2D eigenvalue weighted by Gasteiger charge is 2.39. The van der Waals surface area contributed by atoms with Crippen molar-refractivity contribution < 1.29 is 19.1 Å². The van der Waals surface area contributed by atoms with Gasteiger partial charge in [-0.3, -0.25) is 14.6 Å². The minimum absolute atomic E-state index is 0.00330. The summed E-state index contributed by atoms with van der Waals surface area (Å²) >= 11 is 12.4. The minimum Gasteiger partial charge on any atom is -0.463 e. The lowest BCUT2D eigenvalue weighted by atomic mass is 9.94. The summed E-state index contributed by atoms with van der Waals surface area (Å²) in [6.07, 6.45) is 1.61. The van der Waals surface area contributed by atoms with E-state index in [1.807, 2.05) is 25.7 Å². The first-order chi connectivity index (χ1) is 17.1. The van der Waals surface area contributed by atoms with Crippen LogP contribution in [0.5, 0.6) is 0 Å². The molecule has 1 N–H and O–H groups in total. The fraction of sp³-hybridized carbons (Fsp3) is 0.500. The summed E-state index contributed by atoms with van der Waals surface area (Å²) in [7, 11) is 0. The smallest absolute Gasteiger partial charge is 0.338 e. The first-order valence-corrected chi connectivity index (χ1v) is 12.9. The van der Waals surface area contributed by atoms with Crippen LogP contribution in [-0.4, -0.2) is 78.0 Å². The van der Waals surface area contributed by atoms with Crippen LogP contribution >= 0.6 is 23.2 Å². The summed E-state index contributed by atoms with van der Waals surface area (Å²) < 4.78 is 5.43. The number of nitrogens with one attached hydrogen (secondary N) is 1. The summed E-state index contributed by atoms with van der Waals surface area (Å²) in [6, 6.07) is 3.90. The van der Waals surface area contributed by atoms with Crippen LogP contribution in [-0.2, 0) is 14.3 Å². The Kier molecular flexibility index (Phi) is 9.44. The number of piperazine rings is 1. The number of rotatable bonds is 8. The van der Waals surface area contributed by atoms with Gasteiger partial charge in [0.05, 0.1) is 28.3 Å². The molecule has 1 saturated heterocycles. The third-order valence-corrected chi connectivity index (χ3v) is 7.12. The molecule has 1 aromatic carbocycles. The van der Waals surface area contributed by atoms with E-state index < -0.39 is 12.0 Å². The van der Waals surface area contributed by atoms with Gasteiger partial charge >= 0.3 is 12.0 Å². The average Bonchev–Trinajstić information content (AvgIpc) is 2.82. The quantitative estimate of drug-likeness (QED) is 0.396. The summed E-state index contributed by atoms with van der Waals surface area (Å²) in [6.45, 7) is 13.9. The third kappa shape index (κ3) is 6.05. The topological polar surface area (TPSA) is 82.2 Å². The van der Waals surface area contributed by atoms with Crippen LogP contribution < -0.4 is 5.32 Å². The van der Waals surface area contributed by atoms with Crippen molar-refractivity contribution in [3.8, 4) is 0 Å². The molecule has 10 heteroatoms. The first kappa shape index (κ1) is 28.0. The van der Waals surface area contributed by atoms with E-state index in [0.717, 1.165) is 0 Å². The maximum Gasteiger partial charge on any atom is 0.338 e. The molecule has 0 aromatic heterocycles. The van der Waals surface area contributed by atoms with Gasteiger partial charge in [0.15, 0.2) is 0 Å². The van der Waals surface area contributed by atoms with Crippen molar-refractivity contribution in [1.82, 2.24) is 20.0 Å². The second-order valence-corrected chi connectivity index (χ2v) is 10.1. The molecule has 0 aliphatic carbocycles. The Morgan fingerprint density at radius 1 is 1.25 bits per heavy atom. The monoisotopic (exact) mass is 536 g/mol. The van der Waals surface area contributed by atoms with Gasteiger partial charge < -0.3 is 15.0 Å². The number of hydrogen-bond donors (Lipinski definition) is 1. The Morgan fingerprint density at radius 2 is 1.97 bits per heavy atom. The van der Waals surface area contributed by atoms with Gasteiger partial charge in [-0.2, -0.15) is 0 Å². The normalized spacial score (nSPS) is 21.0. The van der Waals surface area contributed by atoms with Crippen molar-refractivity contribution in [1.29, 1.82) is 0 Å². The summed E-state index contributed by atoms with van der Waals surface area (Å²) in [5.41, 5.74) is 1.51. The van der Waals surface area contributed by atoms with Crippen LogP contribution in [0.3, 0.4) is 0 Å². The van der Waals surface area contributed by atoms with Crippen molar-refractivity contribution in [2.75, 3.05) is 39.3 Å². The molecule has 2 heterocycles. The number of amides is 3. The number of nitrogens with zero attached hydrogens (tertiary/aromatic N) is 3. The number of hydrogen-bond acceptors (Lipinski definition) is 5. The maximum absolute atomic E-state index is 13.3. The molecule has 2 aliphatic heterocycles. The predicted molar refractivity (Wildman–Crippen MR) is 141 cm³/mol. The van der Waals surface area contributed by atoms with Gasteiger partial charge in [0.25, 0.3) is 0 Å². The Bertz CT molecular complexity index is 1060. The fourth-order valence-electron chi connectivity index (χ4n) is 4.63. The second-order valence-electron chi connectivity index (χ2n) is 9.31. The Hall–Kier alpha value is -2.55. The number of carbonyl (C=O) groups excluding carboxylic acids is 3. The van der Waals surface area contributed by atoms with Crippen molar-refractivity contribution in [2.45, 2.75) is 39.8 Å². The lowest BCUT2D eigenvalue weighted by molar-refractivity contribution is -0.139. The maximum atomic E-state index is 13.3. The van der Waals surface area contributed by atoms with Crippen LogP contribution in [0, 0.1) is 5.92 Å². The van der Waals surface area contributed by atoms with Crippen molar-refractivity contribution in [3.05, 3.63) is 57.7 Å². The number of esters is 1. The SMILES string of the molecule is C=CCN1C(=O)NC(c2ccc(Cl)c(Cl)c2)C(C(=O)OCC)=C1CN1CCN(C(=O)C(C)C)C(C)C1. The largest absolute Gasteiger partial charge is 0.463 e. The molecule has 3 amide bonds. The fourth-order valence-corrected chi connectivity index (χ4v) is 4.94. The molecular formula is C26H34Cl2N4O4. The molecule has 0 radical (unpaired) electrons. The van der Waals surface area contributed by atoms with E-state index in [4.69, 9.17) is 27.9 Å². The van der Waals surface area contributed by atoms with E-state index in [1.165, 1.54) is 4.90 Å².